The van der Waals surface area contributed by atoms with Crippen LogP contribution in [0.5, 0.6) is 0 Å². The van der Waals surface area contributed by atoms with Gasteiger partial charge in [-0.05, 0) is 42.2 Å². The van der Waals surface area contributed by atoms with Crippen molar-refractivity contribution in [2.45, 2.75) is 12.8 Å². The molecule has 6 nitrogen and oxygen atoms in total. The van der Waals surface area contributed by atoms with Crippen molar-refractivity contribution in [1.29, 1.82) is 0 Å². The number of nitrogens with zero attached hydrogens (tertiary/aromatic N) is 1. The Bertz CT molecular complexity index is 1250. The first-order chi connectivity index (χ1) is 15.1. The molecule has 4 aromatic rings. The van der Waals surface area contributed by atoms with Crippen LogP contribution in [0, 0.1) is 0 Å². The molecule has 0 atom stereocenters. The fourth-order valence-electron chi connectivity index (χ4n) is 3.56. The third kappa shape index (κ3) is 4.98. The van der Waals surface area contributed by atoms with E-state index in [9.17, 15) is 14.4 Å². The van der Waals surface area contributed by atoms with E-state index in [1.54, 1.807) is 18.2 Å². The largest absolute Gasteiger partial charge is 0.338 e. The highest BCUT2D eigenvalue weighted by Crippen LogP contribution is 2.14. The van der Waals surface area contributed by atoms with Gasteiger partial charge >= 0.3 is 11.1 Å². The SMILES string of the molecule is O=C(c1ccc2[nH]c(=O)c(=O)[nH]c2c1)N(CCc1ccccc1)CCc1ccccc1. The predicted molar refractivity (Wildman–Crippen MR) is 121 cm³/mol. The number of rotatable bonds is 7. The van der Waals surface area contributed by atoms with Crippen LogP contribution in [-0.2, 0) is 12.8 Å². The lowest BCUT2D eigenvalue weighted by molar-refractivity contribution is 0.0759. The Hall–Kier alpha value is -3.93. The van der Waals surface area contributed by atoms with Crippen LogP contribution in [-0.4, -0.2) is 33.9 Å². The summed E-state index contributed by atoms with van der Waals surface area (Å²) in [4.78, 5) is 43.4. The maximum absolute atomic E-state index is 13.3. The molecule has 0 aliphatic carbocycles. The summed E-state index contributed by atoms with van der Waals surface area (Å²) >= 11 is 0. The molecule has 0 fully saturated rings. The number of H-pyrrole nitrogens is 2. The maximum atomic E-state index is 13.3. The normalized spacial score (nSPS) is 10.8. The zero-order valence-electron chi connectivity index (χ0n) is 17.0. The third-order valence-corrected chi connectivity index (χ3v) is 5.28. The zero-order chi connectivity index (χ0) is 21.6. The molecule has 0 radical (unpaired) electrons. The Kier molecular flexibility index (Phi) is 6.08. The van der Waals surface area contributed by atoms with Crippen molar-refractivity contribution in [3.05, 3.63) is 116 Å². The molecule has 0 unspecified atom stereocenters. The molecular weight excluding hydrogens is 390 g/mol. The van der Waals surface area contributed by atoms with Gasteiger partial charge in [0.1, 0.15) is 0 Å². The monoisotopic (exact) mass is 413 g/mol. The van der Waals surface area contributed by atoms with Crippen molar-refractivity contribution in [3.8, 4) is 0 Å². The maximum Gasteiger partial charge on any atom is 0.314 e. The summed E-state index contributed by atoms with van der Waals surface area (Å²) in [5, 5.41) is 0. The minimum atomic E-state index is -0.734. The molecule has 0 bridgehead atoms. The van der Waals surface area contributed by atoms with Gasteiger partial charge in [0.05, 0.1) is 11.0 Å². The number of amides is 1. The van der Waals surface area contributed by atoms with Gasteiger partial charge in [-0.2, -0.15) is 0 Å². The number of hydrogen-bond donors (Lipinski definition) is 2. The van der Waals surface area contributed by atoms with Gasteiger partial charge in [0.25, 0.3) is 5.91 Å². The first-order valence-electron chi connectivity index (χ1n) is 10.2. The molecule has 0 aliphatic rings. The van der Waals surface area contributed by atoms with Gasteiger partial charge in [-0.3, -0.25) is 14.4 Å². The molecule has 3 aromatic carbocycles. The summed E-state index contributed by atoms with van der Waals surface area (Å²) in [5.41, 5.74) is 2.28. The van der Waals surface area contributed by atoms with E-state index in [-0.39, 0.29) is 5.91 Å². The minimum absolute atomic E-state index is 0.110. The van der Waals surface area contributed by atoms with Gasteiger partial charge < -0.3 is 14.9 Å². The summed E-state index contributed by atoms with van der Waals surface area (Å²) in [7, 11) is 0. The van der Waals surface area contributed by atoms with Crippen LogP contribution in [0.1, 0.15) is 21.5 Å². The van der Waals surface area contributed by atoms with Crippen molar-refractivity contribution in [1.82, 2.24) is 14.9 Å². The number of carbonyl (C=O) groups is 1. The summed E-state index contributed by atoms with van der Waals surface area (Å²) in [5.74, 6) is -0.110. The van der Waals surface area contributed by atoms with Gasteiger partial charge in [0.15, 0.2) is 0 Å². The van der Waals surface area contributed by atoms with E-state index in [1.807, 2.05) is 41.3 Å². The van der Waals surface area contributed by atoms with E-state index < -0.39 is 11.1 Å². The smallest absolute Gasteiger partial charge is 0.314 e. The molecule has 6 heteroatoms. The van der Waals surface area contributed by atoms with Gasteiger partial charge in [0, 0.05) is 18.7 Å². The highest BCUT2D eigenvalue weighted by molar-refractivity contribution is 5.97. The van der Waals surface area contributed by atoms with Crippen LogP contribution in [0.4, 0.5) is 0 Å². The molecule has 1 aromatic heterocycles. The average Bonchev–Trinajstić information content (AvgIpc) is 2.80. The minimum Gasteiger partial charge on any atom is -0.338 e. The standard InChI is InChI=1S/C25H23N3O3/c29-23-24(30)27-22-17-20(11-12-21(22)26-23)25(31)28(15-13-18-7-3-1-4-8-18)16-14-19-9-5-2-6-10-19/h1-12,17H,13-16H2,(H,26,29)(H,27,30). The Labute approximate surface area is 179 Å². The zero-order valence-corrected chi connectivity index (χ0v) is 17.0. The van der Waals surface area contributed by atoms with Crippen LogP contribution in [0.3, 0.4) is 0 Å². The lowest BCUT2D eigenvalue weighted by atomic mass is 10.1. The second-order valence-corrected chi connectivity index (χ2v) is 7.43. The molecule has 31 heavy (non-hydrogen) atoms. The van der Waals surface area contributed by atoms with Crippen LogP contribution >= 0.6 is 0 Å². The van der Waals surface area contributed by atoms with E-state index in [0.717, 1.165) is 12.8 Å². The Morgan fingerprint density at radius 1 is 0.677 bits per heavy atom. The molecule has 0 saturated heterocycles. The molecule has 156 valence electrons. The lowest BCUT2D eigenvalue weighted by Crippen LogP contribution is -2.35. The fourth-order valence-corrected chi connectivity index (χ4v) is 3.56. The number of fused-ring (bicyclic) bond motifs is 1. The quantitative estimate of drug-likeness (QED) is 0.457. The first-order valence-corrected chi connectivity index (χ1v) is 10.2. The molecule has 1 amide bonds. The molecule has 0 aliphatic heterocycles. The summed E-state index contributed by atoms with van der Waals surface area (Å²) in [6.07, 6.45) is 1.50. The van der Waals surface area contributed by atoms with Gasteiger partial charge in [-0.15, -0.1) is 0 Å². The number of carbonyl (C=O) groups excluding carboxylic acids is 1. The number of benzene rings is 3. The molecule has 0 spiro atoms. The molecule has 2 N–H and O–H groups in total. The molecule has 1 heterocycles. The van der Waals surface area contributed by atoms with Crippen LogP contribution in [0.2, 0.25) is 0 Å². The number of aromatic amines is 2. The average molecular weight is 413 g/mol. The highest BCUT2D eigenvalue weighted by Gasteiger charge is 2.17. The van der Waals surface area contributed by atoms with Crippen molar-refractivity contribution >= 4 is 16.9 Å². The van der Waals surface area contributed by atoms with Gasteiger partial charge in [0.2, 0.25) is 0 Å². The number of nitrogens with one attached hydrogen (secondary N) is 2. The Morgan fingerprint density at radius 2 is 1.19 bits per heavy atom. The Morgan fingerprint density at radius 3 is 1.74 bits per heavy atom. The summed E-state index contributed by atoms with van der Waals surface area (Å²) in [6.45, 7) is 1.16. The van der Waals surface area contributed by atoms with Crippen molar-refractivity contribution < 1.29 is 4.79 Å². The fraction of sp³-hybridized carbons (Fsp3) is 0.160. The first kappa shape index (κ1) is 20.3. The van der Waals surface area contributed by atoms with Gasteiger partial charge in [-0.25, -0.2) is 0 Å². The van der Waals surface area contributed by atoms with E-state index in [1.165, 1.54) is 11.1 Å². The van der Waals surface area contributed by atoms with Crippen molar-refractivity contribution in [3.63, 3.8) is 0 Å². The van der Waals surface area contributed by atoms with Crippen LogP contribution in [0.25, 0.3) is 11.0 Å². The van der Waals surface area contributed by atoms with Crippen LogP contribution in [0.15, 0.2) is 88.5 Å². The lowest BCUT2D eigenvalue weighted by Gasteiger charge is -2.23. The van der Waals surface area contributed by atoms with E-state index in [2.05, 4.69) is 34.2 Å². The van der Waals surface area contributed by atoms with Crippen molar-refractivity contribution in [2.24, 2.45) is 0 Å². The van der Waals surface area contributed by atoms with E-state index in [4.69, 9.17) is 0 Å². The van der Waals surface area contributed by atoms with E-state index >= 15 is 0 Å². The van der Waals surface area contributed by atoms with Gasteiger partial charge in [-0.1, -0.05) is 60.7 Å². The second kappa shape index (κ2) is 9.26. The topological polar surface area (TPSA) is 86.0 Å². The molecule has 0 saturated carbocycles. The summed E-state index contributed by atoms with van der Waals surface area (Å²) in [6, 6.07) is 25.1. The van der Waals surface area contributed by atoms with Crippen molar-refractivity contribution in [2.75, 3.05) is 13.1 Å². The predicted octanol–water partition coefficient (Wildman–Crippen LogP) is 3.14. The number of aromatic nitrogens is 2. The molecular formula is C25H23N3O3. The Balaban J connectivity index is 1.58. The molecule has 4 rings (SSSR count). The number of hydrogen-bond acceptors (Lipinski definition) is 3. The third-order valence-electron chi connectivity index (χ3n) is 5.28. The summed E-state index contributed by atoms with van der Waals surface area (Å²) < 4.78 is 0. The second-order valence-electron chi connectivity index (χ2n) is 7.43. The van der Waals surface area contributed by atoms with E-state index in [0.29, 0.717) is 29.7 Å². The van der Waals surface area contributed by atoms with Crippen LogP contribution < -0.4 is 11.1 Å². The highest BCUT2D eigenvalue weighted by atomic mass is 16.2.